The zero-order chi connectivity index (χ0) is 10.6. The van der Waals surface area contributed by atoms with Gasteiger partial charge in [0.15, 0.2) is 0 Å². The Balaban J connectivity index is 2.88. The van der Waals surface area contributed by atoms with Gasteiger partial charge in [0.1, 0.15) is 0 Å². The second kappa shape index (κ2) is 4.61. The van der Waals surface area contributed by atoms with E-state index in [0.29, 0.717) is 0 Å². The number of benzene rings is 1. The molecule has 0 radical (unpaired) electrons. The van der Waals surface area contributed by atoms with Gasteiger partial charge in [0, 0.05) is 0 Å². The van der Waals surface area contributed by atoms with E-state index in [9.17, 15) is 4.79 Å². The maximum atomic E-state index is 10.7. The van der Waals surface area contributed by atoms with Gasteiger partial charge in [-0.3, -0.25) is 4.79 Å². The summed E-state index contributed by atoms with van der Waals surface area (Å²) in [5, 5.41) is 8.79. The Bertz CT molecular complexity index is 336. The molecular weight excluding hydrogens is 176 g/mol. The molecule has 2 heteroatoms. The number of carboxylic acid groups (broad SMARTS) is 1. The van der Waals surface area contributed by atoms with Crippen LogP contribution in [0.15, 0.2) is 30.3 Å². The van der Waals surface area contributed by atoms with E-state index in [1.807, 2.05) is 43.3 Å². The Labute approximate surface area is 83.9 Å². The van der Waals surface area contributed by atoms with Gasteiger partial charge >= 0.3 is 5.97 Å². The Morgan fingerprint density at radius 2 is 1.93 bits per heavy atom. The molecule has 1 atom stereocenters. The van der Waals surface area contributed by atoms with Crippen LogP contribution in [0.1, 0.15) is 30.9 Å². The van der Waals surface area contributed by atoms with Crippen LogP contribution in [0.4, 0.5) is 0 Å². The fourth-order valence-electron chi connectivity index (χ4n) is 1.23. The van der Waals surface area contributed by atoms with Gasteiger partial charge in [-0.15, -0.1) is 0 Å². The fraction of sp³-hybridized carbons (Fsp3) is 0.250. The second-order valence-electron chi connectivity index (χ2n) is 3.23. The zero-order valence-electron chi connectivity index (χ0n) is 8.40. The highest BCUT2D eigenvalue weighted by Crippen LogP contribution is 2.16. The molecule has 0 fully saturated rings. The van der Waals surface area contributed by atoms with Crippen molar-refractivity contribution >= 4 is 12.0 Å². The number of aliphatic carboxylic acids is 1. The van der Waals surface area contributed by atoms with Gasteiger partial charge < -0.3 is 5.11 Å². The predicted octanol–water partition coefficient (Wildman–Crippen LogP) is 2.91. The lowest BCUT2D eigenvalue weighted by Gasteiger charge is -2.06. The monoisotopic (exact) mass is 190 g/mol. The van der Waals surface area contributed by atoms with E-state index in [4.69, 9.17) is 5.11 Å². The molecule has 0 saturated carbocycles. The van der Waals surface area contributed by atoms with Crippen molar-refractivity contribution < 1.29 is 9.90 Å². The fourth-order valence-corrected chi connectivity index (χ4v) is 1.23. The molecule has 1 rings (SSSR count). The summed E-state index contributed by atoms with van der Waals surface area (Å²) in [6.07, 6.45) is 3.94. The first kappa shape index (κ1) is 10.5. The molecule has 0 aliphatic rings. The topological polar surface area (TPSA) is 37.3 Å². The van der Waals surface area contributed by atoms with Gasteiger partial charge in [-0.1, -0.05) is 36.4 Å². The average Bonchev–Trinajstić information content (AvgIpc) is 2.18. The summed E-state index contributed by atoms with van der Waals surface area (Å²) in [5.74, 6) is -1.22. The summed E-state index contributed by atoms with van der Waals surface area (Å²) in [7, 11) is 0. The van der Waals surface area contributed by atoms with Crippen molar-refractivity contribution in [1.82, 2.24) is 0 Å². The minimum atomic E-state index is -0.788. The van der Waals surface area contributed by atoms with E-state index in [2.05, 4.69) is 0 Å². The number of carbonyl (C=O) groups is 1. The maximum absolute atomic E-state index is 10.7. The molecule has 0 spiro atoms. The van der Waals surface area contributed by atoms with E-state index in [1.54, 1.807) is 6.92 Å². The van der Waals surface area contributed by atoms with Crippen molar-refractivity contribution in [2.45, 2.75) is 19.8 Å². The standard InChI is InChI=1S/C12H14O2/c1-3-4-10-5-7-11(8-6-10)9(2)12(13)14/h3-9H,1-2H3,(H,13,14)/b4-3+. The first-order valence-electron chi connectivity index (χ1n) is 4.60. The molecule has 0 aliphatic heterocycles. The molecule has 1 unspecified atom stereocenters. The first-order valence-corrected chi connectivity index (χ1v) is 4.60. The molecule has 74 valence electrons. The van der Waals surface area contributed by atoms with Crippen LogP contribution < -0.4 is 0 Å². The smallest absolute Gasteiger partial charge is 0.310 e. The summed E-state index contributed by atoms with van der Waals surface area (Å²) in [6.45, 7) is 3.64. The van der Waals surface area contributed by atoms with E-state index in [1.165, 1.54) is 0 Å². The van der Waals surface area contributed by atoms with E-state index < -0.39 is 11.9 Å². The van der Waals surface area contributed by atoms with Gasteiger partial charge in [0.05, 0.1) is 5.92 Å². The summed E-state index contributed by atoms with van der Waals surface area (Å²) in [4.78, 5) is 10.7. The summed E-state index contributed by atoms with van der Waals surface area (Å²) < 4.78 is 0. The largest absolute Gasteiger partial charge is 0.481 e. The van der Waals surface area contributed by atoms with Crippen LogP contribution in [0.5, 0.6) is 0 Å². The molecular formula is C12H14O2. The van der Waals surface area contributed by atoms with Crippen molar-refractivity contribution in [3.05, 3.63) is 41.5 Å². The molecule has 0 aromatic heterocycles. The SMILES string of the molecule is C/C=C/c1ccc(C(C)C(=O)O)cc1. The highest BCUT2D eigenvalue weighted by Gasteiger charge is 2.12. The molecule has 0 heterocycles. The van der Waals surface area contributed by atoms with Crippen LogP contribution in [0.3, 0.4) is 0 Å². The van der Waals surface area contributed by atoms with Gasteiger partial charge in [-0.05, 0) is 25.0 Å². The number of hydrogen-bond acceptors (Lipinski definition) is 1. The molecule has 0 amide bonds. The van der Waals surface area contributed by atoms with Crippen LogP contribution in [0.2, 0.25) is 0 Å². The van der Waals surface area contributed by atoms with Crippen LogP contribution in [-0.2, 0) is 4.79 Å². The molecule has 0 saturated heterocycles. The Morgan fingerprint density at radius 1 is 1.36 bits per heavy atom. The van der Waals surface area contributed by atoms with Crippen LogP contribution in [-0.4, -0.2) is 11.1 Å². The van der Waals surface area contributed by atoms with Crippen LogP contribution in [0.25, 0.3) is 6.08 Å². The maximum Gasteiger partial charge on any atom is 0.310 e. The van der Waals surface area contributed by atoms with Gasteiger partial charge in [0.25, 0.3) is 0 Å². The molecule has 1 N–H and O–H groups in total. The number of carboxylic acids is 1. The minimum Gasteiger partial charge on any atom is -0.481 e. The van der Waals surface area contributed by atoms with E-state index >= 15 is 0 Å². The van der Waals surface area contributed by atoms with Gasteiger partial charge in [-0.2, -0.15) is 0 Å². The second-order valence-corrected chi connectivity index (χ2v) is 3.23. The predicted molar refractivity (Wildman–Crippen MR) is 57.2 cm³/mol. The molecule has 2 nitrogen and oxygen atoms in total. The number of allylic oxidation sites excluding steroid dienone is 1. The zero-order valence-corrected chi connectivity index (χ0v) is 8.40. The third kappa shape index (κ3) is 2.46. The Morgan fingerprint density at radius 3 is 2.36 bits per heavy atom. The lowest BCUT2D eigenvalue weighted by Crippen LogP contribution is -2.06. The highest BCUT2D eigenvalue weighted by atomic mass is 16.4. The quantitative estimate of drug-likeness (QED) is 0.795. The average molecular weight is 190 g/mol. The minimum absolute atomic E-state index is 0.436. The number of rotatable bonds is 3. The van der Waals surface area contributed by atoms with Crippen molar-refractivity contribution in [1.29, 1.82) is 0 Å². The molecule has 0 aliphatic carbocycles. The molecule has 1 aromatic carbocycles. The van der Waals surface area contributed by atoms with Crippen molar-refractivity contribution in [3.8, 4) is 0 Å². The van der Waals surface area contributed by atoms with Crippen molar-refractivity contribution in [3.63, 3.8) is 0 Å². The van der Waals surface area contributed by atoms with Crippen LogP contribution in [0, 0.1) is 0 Å². The third-order valence-corrected chi connectivity index (χ3v) is 2.17. The Hall–Kier alpha value is -1.57. The van der Waals surface area contributed by atoms with E-state index in [-0.39, 0.29) is 0 Å². The van der Waals surface area contributed by atoms with Crippen molar-refractivity contribution in [2.75, 3.05) is 0 Å². The summed E-state index contributed by atoms with van der Waals surface area (Å²) in [6, 6.07) is 7.56. The highest BCUT2D eigenvalue weighted by molar-refractivity contribution is 5.75. The summed E-state index contributed by atoms with van der Waals surface area (Å²) in [5.41, 5.74) is 1.93. The lowest BCUT2D eigenvalue weighted by atomic mass is 10.00. The normalized spacial score (nSPS) is 13.0. The molecule has 1 aromatic rings. The van der Waals surface area contributed by atoms with E-state index in [0.717, 1.165) is 11.1 Å². The summed E-state index contributed by atoms with van der Waals surface area (Å²) >= 11 is 0. The molecule has 14 heavy (non-hydrogen) atoms. The van der Waals surface area contributed by atoms with Crippen LogP contribution >= 0.6 is 0 Å². The first-order chi connectivity index (χ1) is 6.65. The number of hydrogen-bond donors (Lipinski definition) is 1. The van der Waals surface area contributed by atoms with Crippen molar-refractivity contribution in [2.24, 2.45) is 0 Å². The van der Waals surface area contributed by atoms with Gasteiger partial charge in [-0.25, -0.2) is 0 Å². The Kier molecular flexibility index (Phi) is 3.46. The lowest BCUT2D eigenvalue weighted by molar-refractivity contribution is -0.138. The molecule has 0 bridgehead atoms. The van der Waals surface area contributed by atoms with Gasteiger partial charge in [0.2, 0.25) is 0 Å². The third-order valence-electron chi connectivity index (χ3n) is 2.17.